The van der Waals surface area contributed by atoms with E-state index in [1.807, 2.05) is 41.1 Å². The zero-order valence-electron chi connectivity index (χ0n) is 10.6. The fourth-order valence-electron chi connectivity index (χ4n) is 2.58. The Balaban J connectivity index is 1.92. The molecule has 0 atom stereocenters. The molecule has 0 spiro atoms. The van der Waals surface area contributed by atoms with E-state index in [2.05, 4.69) is 10.4 Å². The quantitative estimate of drug-likeness (QED) is 0.780. The van der Waals surface area contributed by atoms with Crippen molar-refractivity contribution in [3.05, 3.63) is 53.2 Å². The van der Waals surface area contributed by atoms with E-state index in [0.29, 0.717) is 5.02 Å². The average molecular weight is 286 g/mol. The van der Waals surface area contributed by atoms with Gasteiger partial charge in [-0.05, 0) is 36.8 Å². The summed E-state index contributed by atoms with van der Waals surface area (Å²) in [6.45, 7) is 0.918. The van der Waals surface area contributed by atoms with E-state index < -0.39 is 0 Å². The van der Waals surface area contributed by atoms with Crippen LogP contribution in [0.25, 0.3) is 17.1 Å². The summed E-state index contributed by atoms with van der Waals surface area (Å²) in [5, 5.41) is 8.77. The molecule has 20 heavy (non-hydrogen) atoms. The highest BCUT2D eigenvalue weighted by atomic mass is 35.5. The van der Waals surface area contributed by atoms with Crippen molar-refractivity contribution < 1.29 is 4.42 Å². The fourth-order valence-corrected chi connectivity index (χ4v) is 2.77. The Morgan fingerprint density at radius 2 is 2.20 bits per heavy atom. The molecule has 5 heteroatoms. The monoisotopic (exact) mass is 285 g/mol. The predicted molar refractivity (Wildman–Crippen MR) is 78.5 cm³/mol. The Labute approximate surface area is 121 Å². The van der Waals surface area contributed by atoms with Crippen LogP contribution in [-0.2, 0) is 6.42 Å². The molecule has 0 saturated carbocycles. The highest BCUT2D eigenvalue weighted by Crippen LogP contribution is 2.34. The van der Waals surface area contributed by atoms with Crippen LogP contribution in [0.1, 0.15) is 5.56 Å². The van der Waals surface area contributed by atoms with Gasteiger partial charge in [0.1, 0.15) is 11.5 Å². The third kappa shape index (κ3) is 1.72. The molecule has 1 aliphatic heterocycles. The van der Waals surface area contributed by atoms with Crippen LogP contribution < -0.4 is 5.32 Å². The van der Waals surface area contributed by atoms with Gasteiger partial charge < -0.3 is 9.73 Å². The molecule has 2 aromatic heterocycles. The summed E-state index contributed by atoms with van der Waals surface area (Å²) >= 11 is 6.07. The first kappa shape index (κ1) is 11.6. The number of rotatable bonds is 2. The van der Waals surface area contributed by atoms with Crippen molar-refractivity contribution in [1.29, 1.82) is 0 Å². The molecule has 1 N–H and O–H groups in total. The maximum Gasteiger partial charge on any atom is 0.154 e. The van der Waals surface area contributed by atoms with E-state index in [1.54, 1.807) is 6.26 Å². The minimum absolute atomic E-state index is 0.698. The molecule has 0 saturated heterocycles. The maximum absolute atomic E-state index is 6.07. The predicted octanol–water partition coefficient (Wildman–Crippen LogP) is 3.75. The lowest BCUT2D eigenvalue weighted by atomic mass is 10.2. The number of halogens is 1. The number of nitrogens with one attached hydrogen (secondary N) is 1. The number of hydrogen-bond acceptors (Lipinski definition) is 3. The van der Waals surface area contributed by atoms with Crippen molar-refractivity contribution in [3.8, 4) is 17.1 Å². The Bertz CT molecular complexity index is 762. The molecular formula is C15H12ClN3O. The number of aromatic nitrogens is 2. The van der Waals surface area contributed by atoms with Crippen LogP contribution in [0, 0.1) is 0 Å². The number of benzene rings is 1. The molecule has 3 heterocycles. The van der Waals surface area contributed by atoms with Crippen molar-refractivity contribution >= 4 is 17.4 Å². The second-order valence-electron chi connectivity index (χ2n) is 4.72. The highest BCUT2D eigenvalue weighted by Gasteiger charge is 2.25. The molecule has 0 unspecified atom stereocenters. The Hall–Kier alpha value is -2.20. The summed E-state index contributed by atoms with van der Waals surface area (Å²) in [5.41, 5.74) is 3.04. The van der Waals surface area contributed by atoms with Crippen molar-refractivity contribution in [2.75, 3.05) is 11.9 Å². The van der Waals surface area contributed by atoms with Crippen LogP contribution in [0.15, 0.2) is 47.1 Å². The van der Waals surface area contributed by atoms with Gasteiger partial charge in [-0.2, -0.15) is 5.10 Å². The van der Waals surface area contributed by atoms with Crippen molar-refractivity contribution in [2.45, 2.75) is 6.42 Å². The highest BCUT2D eigenvalue weighted by molar-refractivity contribution is 6.30. The van der Waals surface area contributed by atoms with E-state index in [0.717, 1.165) is 35.9 Å². The standard InChI is InChI=1S/C15H12ClN3O/c16-10-3-1-4-11(9-10)19-15-12(6-7-17-15)14(18-19)13-5-2-8-20-13/h1-5,8-9,17H,6-7H2. The van der Waals surface area contributed by atoms with Crippen LogP contribution >= 0.6 is 11.6 Å². The first-order chi connectivity index (χ1) is 9.83. The number of furan rings is 1. The lowest BCUT2D eigenvalue weighted by Gasteiger charge is -2.06. The lowest BCUT2D eigenvalue weighted by molar-refractivity contribution is 0.578. The van der Waals surface area contributed by atoms with Gasteiger partial charge in [-0.1, -0.05) is 17.7 Å². The zero-order valence-corrected chi connectivity index (χ0v) is 11.4. The number of nitrogens with zero attached hydrogens (tertiary/aromatic N) is 2. The molecule has 1 aliphatic rings. The SMILES string of the molecule is Clc1cccc(-n2nc(-c3ccco3)c3c2NCC3)c1. The summed E-state index contributed by atoms with van der Waals surface area (Å²) in [6.07, 6.45) is 2.62. The number of hydrogen-bond donors (Lipinski definition) is 1. The molecule has 0 radical (unpaired) electrons. The van der Waals surface area contributed by atoms with Crippen molar-refractivity contribution in [3.63, 3.8) is 0 Å². The molecule has 0 bridgehead atoms. The molecule has 1 aromatic carbocycles. The van der Waals surface area contributed by atoms with E-state index >= 15 is 0 Å². The topological polar surface area (TPSA) is 43.0 Å². The summed E-state index contributed by atoms with van der Waals surface area (Å²) < 4.78 is 7.38. The first-order valence-corrected chi connectivity index (χ1v) is 6.86. The first-order valence-electron chi connectivity index (χ1n) is 6.48. The van der Waals surface area contributed by atoms with E-state index in [4.69, 9.17) is 16.0 Å². The van der Waals surface area contributed by atoms with Gasteiger partial charge in [0, 0.05) is 17.1 Å². The Morgan fingerprint density at radius 1 is 1.25 bits per heavy atom. The Kier molecular flexibility index (Phi) is 2.57. The molecule has 3 aromatic rings. The maximum atomic E-state index is 6.07. The van der Waals surface area contributed by atoms with E-state index in [9.17, 15) is 0 Å². The van der Waals surface area contributed by atoms with Gasteiger partial charge in [-0.3, -0.25) is 0 Å². The number of anilines is 1. The summed E-state index contributed by atoms with van der Waals surface area (Å²) in [6, 6.07) is 11.5. The Morgan fingerprint density at radius 3 is 3.00 bits per heavy atom. The van der Waals surface area contributed by atoms with Gasteiger partial charge in [-0.15, -0.1) is 0 Å². The van der Waals surface area contributed by atoms with Gasteiger partial charge >= 0.3 is 0 Å². The second kappa shape index (κ2) is 4.42. The van der Waals surface area contributed by atoms with Gasteiger partial charge in [0.2, 0.25) is 0 Å². The van der Waals surface area contributed by atoms with Crippen molar-refractivity contribution in [2.24, 2.45) is 0 Å². The molecule has 4 rings (SSSR count). The molecule has 0 amide bonds. The van der Waals surface area contributed by atoms with Crippen molar-refractivity contribution in [1.82, 2.24) is 9.78 Å². The summed E-state index contributed by atoms with van der Waals surface area (Å²) in [5.74, 6) is 1.82. The van der Waals surface area contributed by atoms with Gasteiger partial charge in [0.15, 0.2) is 5.76 Å². The summed E-state index contributed by atoms with van der Waals surface area (Å²) in [7, 11) is 0. The third-order valence-electron chi connectivity index (χ3n) is 3.46. The van der Waals surface area contributed by atoms with Gasteiger partial charge in [0.25, 0.3) is 0 Å². The minimum atomic E-state index is 0.698. The van der Waals surface area contributed by atoms with Crippen LogP contribution in [0.3, 0.4) is 0 Å². The third-order valence-corrected chi connectivity index (χ3v) is 3.69. The van der Waals surface area contributed by atoms with Gasteiger partial charge in [-0.25, -0.2) is 4.68 Å². The molecule has 100 valence electrons. The largest absolute Gasteiger partial charge is 0.463 e. The van der Waals surface area contributed by atoms with Crippen LogP contribution in [0.2, 0.25) is 5.02 Å². The number of fused-ring (bicyclic) bond motifs is 1. The smallest absolute Gasteiger partial charge is 0.154 e. The lowest BCUT2D eigenvalue weighted by Crippen LogP contribution is -2.04. The second-order valence-corrected chi connectivity index (χ2v) is 5.16. The average Bonchev–Trinajstić information content (AvgIpc) is 3.15. The van der Waals surface area contributed by atoms with Crippen LogP contribution in [-0.4, -0.2) is 16.3 Å². The normalized spacial score (nSPS) is 13.2. The molecular weight excluding hydrogens is 274 g/mol. The van der Waals surface area contributed by atoms with E-state index in [-0.39, 0.29) is 0 Å². The molecule has 0 aliphatic carbocycles. The fraction of sp³-hybridized carbons (Fsp3) is 0.133. The van der Waals surface area contributed by atoms with Gasteiger partial charge in [0.05, 0.1) is 12.0 Å². The van der Waals surface area contributed by atoms with Crippen LogP contribution in [0.4, 0.5) is 5.82 Å². The summed E-state index contributed by atoms with van der Waals surface area (Å²) in [4.78, 5) is 0. The minimum Gasteiger partial charge on any atom is -0.463 e. The van der Waals surface area contributed by atoms with E-state index in [1.165, 1.54) is 5.56 Å². The molecule has 0 fully saturated rings. The van der Waals surface area contributed by atoms with Crippen LogP contribution in [0.5, 0.6) is 0 Å². The zero-order chi connectivity index (χ0) is 13.5. The molecule has 4 nitrogen and oxygen atoms in total.